The van der Waals surface area contributed by atoms with Crippen molar-refractivity contribution in [3.8, 4) is 0 Å². The van der Waals surface area contributed by atoms with Gasteiger partial charge in [-0.1, -0.05) is 13.8 Å². The van der Waals surface area contributed by atoms with Gasteiger partial charge >= 0.3 is 0 Å². The zero-order valence-corrected chi connectivity index (χ0v) is 19.8. The maximum atomic E-state index is 13.6. The van der Waals surface area contributed by atoms with Crippen LogP contribution in [0, 0.1) is 0 Å². The largest absolute Gasteiger partial charge is 0.370 e. The normalized spacial score (nSPS) is 14.3. The Kier molecular flexibility index (Phi) is 6.35. The summed E-state index contributed by atoms with van der Waals surface area (Å²) in [7, 11) is 0. The van der Waals surface area contributed by atoms with Gasteiger partial charge in [-0.15, -0.1) is 0 Å². The van der Waals surface area contributed by atoms with E-state index in [9.17, 15) is 9.59 Å². The van der Waals surface area contributed by atoms with E-state index in [0.29, 0.717) is 27.8 Å². The molecule has 0 unspecified atom stereocenters. The summed E-state index contributed by atoms with van der Waals surface area (Å²) in [6.45, 7) is 10.0. The van der Waals surface area contributed by atoms with Crippen LogP contribution < -0.4 is 16.0 Å². The van der Waals surface area contributed by atoms with Crippen LogP contribution in [0.4, 0.5) is 11.4 Å². The Bertz CT molecular complexity index is 1190. The number of nitrogens with two attached hydrogens (primary N) is 1. The second-order valence-corrected chi connectivity index (χ2v) is 9.27. The molecule has 1 fully saturated rings. The number of anilines is 2. The smallest absolute Gasteiger partial charge is 0.256 e. The minimum Gasteiger partial charge on any atom is -0.370 e. The highest BCUT2D eigenvalue weighted by Crippen LogP contribution is 2.31. The summed E-state index contributed by atoms with van der Waals surface area (Å²) in [4.78, 5) is 32.5. The number of hydrogen-bond acceptors (Lipinski definition) is 5. The average Bonchev–Trinajstić information content (AvgIpc) is 3.23. The van der Waals surface area contributed by atoms with Crippen molar-refractivity contribution in [3.63, 3.8) is 0 Å². The molecule has 8 nitrogen and oxygen atoms in total. The number of fused-ring (bicyclic) bond motifs is 1. The molecule has 0 atom stereocenters. The van der Waals surface area contributed by atoms with E-state index in [1.165, 1.54) is 6.42 Å². The van der Waals surface area contributed by atoms with E-state index in [1.54, 1.807) is 18.3 Å². The van der Waals surface area contributed by atoms with Crippen LogP contribution in [0.3, 0.4) is 0 Å². The van der Waals surface area contributed by atoms with E-state index in [1.807, 2.05) is 30.7 Å². The fourth-order valence-electron chi connectivity index (χ4n) is 4.29. The topological polar surface area (TPSA) is 106 Å². The summed E-state index contributed by atoms with van der Waals surface area (Å²) in [5.41, 5.74) is 9.43. The molecule has 3 aromatic rings. The van der Waals surface area contributed by atoms with Crippen molar-refractivity contribution in [2.24, 2.45) is 5.73 Å². The lowest BCUT2D eigenvalue weighted by molar-refractivity contribution is 0.0996. The summed E-state index contributed by atoms with van der Waals surface area (Å²) in [6.07, 6.45) is 5.10. The second kappa shape index (κ2) is 9.21. The molecule has 4 rings (SSSR count). The summed E-state index contributed by atoms with van der Waals surface area (Å²) in [5, 5.41) is 8.25. The third-order valence-electron chi connectivity index (χ3n) is 6.14. The number of benzene rings is 1. The molecule has 0 radical (unpaired) electrons. The lowest BCUT2D eigenvalue weighted by Gasteiger charge is -2.30. The van der Waals surface area contributed by atoms with Gasteiger partial charge in [-0.05, 0) is 63.3 Å². The molecule has 0 aliphatic carbocycles. The van der Waals surface area contributed by atoms with Crippen LogP contribution >= 0.6 is 0 Å². The van der Waals surface area contributed by atoms with Gasteiger partial charge in [-0.2, -0.15) is 5.10 Å². The zero-order valence-electron chi connectivity index (χ0n) is 19.8. The van der Waals surface area contributed by atoms with Crippen LogP contribution in [0.2, 0.25) is 0 Å². The molecule has 1 aliphatic rings. The number of piperidine rings is 1. The highest BCUT2D eigenvalue weighted by molar-refractivity contribution is 6.13. The number of carbonyl (C=O) groups is 2. The molecule has 8 heteroatoms. The minimum absolute atomic E-state index is 0.117. The number of carbonyl (C=O) groups excluding carboxylic acids is 2. The van der Waals surface area contributed by atoms with E-state index in [2.05, 4.69) is 29.2 Å². The number of aromatic nitrogens is 3. The Morgan fingerprint density at radius 2 is 1.79 bits per heavy atom. The van der Waals surface area contributed by atoms with Gasteiger partial charge in [0.05, 0.1) is 28.5 Å². The quantitative estimate of drug-likeness (QED) is 0.578. The fourth-order valence-corrected chi connectivity index (χ4v) is 4.29. The number of primary amides is 1. The molecular weight excluding hydrogens is 416 g/mol. The number of rotatable bonds is 6. The van der Waals surface area contributed by atoms with Crippen LogP contribution in [0.1, 0.15) is 85.3 Å². The van der Waals surface area contributed by atoms with Crippen LogP contribution in [-0.2, 0) is 0 Å². The summed E-state index contributed by atoms with van der Waals surface area (Å²) >= 11 is 0. The molecule has 2 aromatic heterocycles. The summed E-state index contributed by atoms with van der Waals surface area (Å²) < 4.78 is 1.84. The van der Waals surface area contributed by atoms with Gasteiger partial charge in [0.25, 0.3) is 5.91 Å². The minimum atomic E-state index is -0.526. The predicted molar refractivity (Wildman–Crippen MR) is 131 cm³/mol. The molecule has 33 heavy (non-hydrogen) atoms. The zero-order chi connectivity index (χ0) is 23.7. The van der Waals surface area contributed by atoms with Crippen molar-refractivity contribution in [2.45, 2.75) is 58.9 Å². The molecular formula is C25H32N6O2. The molecule has 3 heterocycles. The third kappa shape index (κ3) is 4.55. The van der Waals surface area contributed by atoms with Crippen molar-refractivity contribution < 1.29 is 9.59 Å². The lowest BCUT2D eigenvalue weighted by atomic mass is 10.0. The van der Waals surface area contributed by atoms with Crippen molar-refractivity contribution >= 4 is 34.2 Å². The molecule has 0 bridgehead atoms. The first kappa shape index (κ1) is 22.8. The first-order valence-electron chi connectivity index (χ1n) is 11.6. The first-order chi connectivity index (χ1) is 15.8. The lowest BCUT2D eigenvalue weighted by Crippen LogP contribution is -2.30. The molecule has 3 N–H and O–H groups in total. The Hall–Kier alpha value is -3.42. The van der Waals surface area contributed by atoms with E-state index in [-0.39, 0.29) is 17.9 Å². The maximum absolute atomic E-state index is 13.6. The summed E-state index contributed by atoms with van der Waals surface area (Å²) in [5.74, 6) is -0.631. The third-order valence-corrected chi connectivity index (χ3v) is 6.14. The molecule has 0 saturated carbocycles. The van der Waals surface area contributed by atoms with Gasteiger partial charge in [-0.25, -0.2) is 9.67 Å². The van der Waals surface area contributed by atoms with Gasteiger partial charge in [0, 0.05) is 30.4 Å². The highest BCUT2D eigenvalue weighted by atomic mass is 16.2. The number of amides is 2. The molecule has 0 spiro atoms. The van der Waals surface area contributed by atoms with Gasteiger partial charge < -0.3 is 16.0 Å². The standard InChI is InChI=1S/C25H32N6O2/c1-15(2)20-13-18(19-14-27-31(16(3)4)24(19)28-20)25(33)29-21-12-17(23(26)32)8-9-22(21)30-10-6-5-7-11-30/h8-9,12-16H,5-7,10-11H2,1-4H3,(H2,26,32)(H,29,33). The second-order valence-electron chi connectivity index (χ2n) is 9.27. The van der Waals surface area contributed by atoms with E-state index < -0.39 is 5.91 Å². The Morgan fingerprint density at radius 3 is 2.42 bits per heavy atom. The van der Waals surface area contributed by atoms with E-state index in [4.69, 9.17) is 10.7 Å². The molecule has 1 aromatic carbocycles. The van der Waals surface area contributed by atoms with Crippen molar-refractivity contribution in [1.82, 2.24) is 14.8 Å². The van der Waals surface area contributed by atoms with Gasteiger partial charge in [-0.3, -0.25) is 9.59 Å². The van der Waals surface area contributed by atoms with Crippen molar-refractivity contribution in [3.05, 3.63) is 47.3 Å². The average molecular weight is 449 g/mol. The Morgan fingerprint density at radius 1 is 1.06 bits per heavy atom. The van der Waals surface area contributed by atoms with Crippen molar-refractivity contribution in [1.29, 1.82) is 0 Å². The Balaban J connectivity index is 1.78. The summed E-state index contributed by atoms with van der Waals surface area (Å²) in [6, 6.07) is 7.22. The maximum Gasteiger partial charge on any atom is 0.256 e. The predicted octanol–water partition coefficient (Wildman–Crippen LogP) is 4.48. The van der Waals surface area contributed by atoms with Gasteiger partial charge in [0.15, 0.2) is 5.65 Å². The molecule has 174 valence electrons. The van der Waals surface area contributed by atoms with E-state index >= 15 is 0 Å². The molecule has 2 amide bonds. The fraction of sp³-hybridized carbons (Fsp3) is 0.440. The van der Waals surface area contributed by atoms with Gasteiger partial charge in [0.2, 0.25) is 5.91 Å². The molecule has 1 saturated heterocycles. The highest BCUT2D eigenvalue weighted by Gasteiger charge is 2.22. The monoisotopic (exact) mass is 448 g/mol. The first-order valence-corrected chi connectivity index (χ1v) is 11.6. The van der Waals surface area contributed by atoms with E-state index in [0.717, 1.165) is 37.3 Å². The van der Waals surface area contributed by atoms with Crippen LogP contribution in [-0.4, -0.2) is 39.7 Å². The number of hydrogen-bond donors (Lipinski definition) is 2. The SMILES string of the molecule is CC(C)c1cc(C(=O)Nc2cc(C(N)=O)ccc2N2CCCCC2)c2cnn(C(C)C)c2n1. The Labute approximate surface area is 194 Å². The number of pyridine rings is 1. The van der Waals surface area contributed by atoms with Crippen molar-refractivity contribution in [2.75, 3.05) is 23.3 Å². The van der Waals surface area contributed by atoms with Crippen LogP contribution in [0.15, 0.2) is 30.5 Å². The number of nitrogens with zero attached hydrogens (tertiary/aromatic N) is 4. The molecule has 1 aliphatic heterocycles. The van der Waals surface area contributed by atoms with Crippen LogP contribution in [0.5, 0.6) is 0 Å². The van der Waals surface area contributed by atoms with Crippen LogP contribution in [0.25, 0.3) is 11.0 Å². The number of nitrogens with one attached hydrogen (secondary N) is 1. The van der Waals surface area contributed by atoms with Gasteiger partial charge in [0.1, 0.15) is 0 Å².